The fraction of sp³-hybridized carbons (Fsp3) is 0.500. The van der Waals surface area contributed by atoms with Gasteiger partial charge in [0.05, 0.1) is 6.10 Å². The molecule has 1 aromatic rings. The summed E-state index contributed by atoms with van der Waals surface area (Å²) in [6.07, 6.45) is -0.350. The second kappa shape index (κ2) is 6.86. The standard InChI is InChI=1S/C12H19ClN2O/c1-14-7-11(16)9-15(2)8-10-5-3-4-6-12(10)13/h3-6,11,14,16H,7-9H2,1-2H3. The molecule has 0 aromatic heterocycles. The van der Waals surface area contributed by atoms with Crippen molar-refractivity contribution in [1.29, 1.82) is 0 Å². The molecule has 1 rings (SSSR count). The second-order valence-corrected chi connectivity index (χ2v) is 4.41. The molecule has 0 radical (unpaired) electrons. The molecule has 0 heterocycles. The maximum Gasteiger partial charge on any atom is 0.0791 e. The third-order valence-corrected chi connectivity index (χ3v) is 2.73. The summed E-state index contributed by atoms with van der Waals surface area (Å²) in [5.74, 6) is 0. The average Bonchev–Trinajstić information content (AvgIpc) is 2.21. The molecule has 0 aliphatic carbocycles. The van der Waals surface area contributed by atoms with Crippen LogP contribution in [0.1, 0.15) is 5.56 Å². The molecule has 1 aromatic carbocycles. The second-order valence-electron chi connectivity index (χ2n) is 4.00. The maximum atomic E-state index is 9.63. The van der Waals surface area contributed by atoms with Crippen molar-refractivity contribution < 1.29 is 5.11 Å². The van der Waals surface area contributed by atoms with Crippen LogP contribution in [-0.4, -0.2) is 43.3 Å². The van der Waals surface area contributed by atoms with Crippen LogP contribution in [0.5, 0.6) is 0 Å². The number of nitrogens with one attached hydrogen (secondary N) is 1. The summed E-state index contributed by atoms with van der Waals surface area (Å²) in [6.45, 7) is 1.99. The largest absolute Gasteiger partial charge is 0.390 e. The molecule has 0 bridgehead atoms. The van der Waals surface area contributed by atoms with Crippen molar-refractivity contribution in [2.45, 2.75) is 12.6 Å². The Morgan fingerprint density at radius 1 is 1.44 bits per heavy atom. The molecule has 0 aliphatic rings. The molecular formula is C12H19ClN2O. The van der Waals surface area contributed by atoms with Gasteiger partial charge in [-0.05, 0) is 25.7 Å². The Kier molecular flexibility index (Phi) is 5.77. The molecule has 0 fully saturated rings. The minimum Gasteiger partial charge on any atom is -0.390 e. The first-order chi connectivity index (χ1) is 7.63. The highest BCUT2D eigenvalue weighted by Gasteiger charge is 2.08. The molecule has 2 N–H and O–H groups in total. The van der Waals surface area contributed by atoms with E-state index < -0.39 is 0 Å². The van der Waals surface area contributed by atoms with Crippen LogP contribution in [0.4, 0.5) is 0 Å². The number of halogens is 1. The van der Waals surface area contributed by atoms with Gasteiger partial charge in [0.2, 0.25) is 0 Å². The lowest BCUT2D eigenvalue weighted by Crippen LogP contribution is -2.35. The van der Waals surface area contributed by atoms with Gasteiger partial charge in [-0.25, -0.2) is 0 Å². The lowest BCUT2D eigenvalue weighted by Gasteiger charge is -2.20. The van der Waals surface area contributed by atoms with Crippen molar-refractivity contribution in [2.24, 2.45) is 0 Å². The molecule has 4 heteroatoms. The van der Waals surface area contributed by atoms with Crippen LogP contribution in [-0.2, 0) is 6.54 Å². The smallest absolute Gasteiger partial charge is 0.0791 e. The van der Waals surface area contributed by atoms with Crippen molar-refractivity contribution in [3.63, 3.8) is 0 Å². The first kappa shape index (κ1) is 13.5. The van der Waals surface area contributed by atoms with Crippen LogP contribution in [0, 0.1) is 0 Å². The number of aliphatic hydroxyl groups excluding tert-OH is 1. The average molecular weight is 243 g/mol. The molecular weight excluding hydrogens is 224 g/mol. The van der Waals surface area contributed by atoms with E-state index in [9.17, 15) is 5.11 Å². The van der Waals surface area contributed by atoms with Crippen molar-refractivity contribution in [3.8, 4) is 0 Å². The Morgan fingerprint density at radius 3 is 2.75 bits per heavy atom. The van der Waals surface area contributed by atoms with Gasteiger partial charge in [0.15, 0.2) is 0 Å². The molecule has 1 unspecified atom stereocenters. The number of aliphatic hydroxyl groups is 1. The van der Waals surface area contributed by atoms with Crippen molar-refractivity contribution in [3.05, 3.63) is 34.9 Å². The SMILES string of the molecule is CNCC(O)CN(C)Cc1ccccc1Cl. The molecule has 0 amide bonds. The van der Waals surface area contributed by atoms with E-state index in [2.05, 4.69) is 10.2 Å². The van der Waals surface area contributed by atoms with Crippen molar-refractivity contribution in [2.75, 3.05) is 27.2 Å². The van der Waals surface area contributed by atoms with Gasteiger partial charge in [0, 0.05) is 24.7 Å². The summed E-state index contributed by atoms with van der Waals surface area (Å²) < 4.78 is 0. The molecule has 0 saturated carbocycles. The summed E-state index contributed by atoms with van der Waals surface area (Å²) in [6, 6.07) is 7.78. The van der Waals surface area contributed by atoms with E-state index in [-0.39, 0.29) is 6.10 Å². The minimum atomic E-state index is -0.350. The van der Waals surface area contributed by atoms with Crippen molar-refractivity contribution >= 4 is 11.6 Å². The molecule has 90 valence electrons. The van der Waals surface area contributed by atoms with E-state index in [1.54, 1.807) is 0 Å². The summed E-state index contributed by atoms with van der Waals surface area (Å²) in [5.41, 5.74) is 1.09. The third-order valence-electron chi connectivity index (χ3n) is 2.36. The number of hydrogen-bond donors (Lipinski definition) is 2. The van der Waals surface area contributed by atoms with Gasteiger partial charge in [-0.2, -0.15) is 0 Å². The predicted octanol–water partition coefficient (Wildman–Crippen LogP) is 1.35. The Labute approximate surface area is 102 Å². The zero-order valence-electron chi connectivity index (χ0n) is 9.78. The lowest BCUT2D eigenvalue weighted by molar-refractivity contribution is 0.123. The fourth-order valence-corrected chi connectivity index (χ4v) is 1.84. The molecule has 1 atom stereocenters. The van der Waals surface area contributed by atoms with E-state index in [1.165, 1.54) is 0 Å². The molecule has 0 aliphatic heterocycles. The van der Waals surface area contributed by atoms with Crippen molar-refractivity contribution in [1.82, 2.24) is 10.2 Å². The Morgan fingerprint density at radius 2 is 2.12 bits per heavy atom. The lowest BCUT2D eigenvalue weighted by atomic mass is 10.2. The van der Waals surface area contributed by atoms with Gasteiger partial charge in [-0.3, -0.25) is 4.90 Å². The molecule has 0 spiro atoms. The van der Waals surface area contributed by atoms with Crippen LogP contribution >= 0.6 is 11.6 Å². The highest BCUT2D eigenvalue weighted by atomic mass is 35.5. The Bertz CT molecular complexity index is 320. The number of nitrogens with zero attached hydrogens (tertiary/aromatic N) is 1. The number of hydrogen-bond acceptors (Lipinski definition) is 3. The molecule has 3 nitrogen and oxygen atoms in total. The van der Waals surface area contributed by atoms with Gasteiger partial charge in [0.25, 0.3) is 0 Å². The van der Waals surface area contributed by atoms with Crippen LogP contribution in [0.25, 0.3) is 0 Å². The minimum absolute atomic E-state index is 0.350. The number of likely N-dealkylation sites (N-methyl/N-ethyl adjacent to an activating group) is 2. The zero-order chi connectivity index (χ0) is 12.0. The summed E-state index contributed by atoms with van der Waals surface area (Å²) >= 11 is 6.06. The summed E-state index contributed by atoms with van der Waals surface area (Å²) in [4.78, 5) is 2.06. The van der Waals surface area contributed by atoms with Crippen LogP contribution in [0.2, 0.25) is 5.02 Å². The highest BCUT2D eigenvalue weighted by Crippen LogP contribution is 2.16. The van der Waals surface area contributed by atoms with Gasteiger partial charge in [-0.1, -0.05) is 29.8 Å². The van der Waals surface area contributed by atoms with Gasteiger partial charge >= 0.3 is 0 Å². The molecule has 16 heavy (non-hydrogen) atoms. The van der Waals surface area contributed by atoms with E-state index in [4.69, 9.17) is 11.6 Å². The number of benzene rings is 1. The summed E-state index contributed by atoms with van der Waals surface area (Å²) in [7, 11) is 3.81. The van der Waals surface area contributed by atoms with E-state index in [0.717, 1.165) is 17.1 Å². The van der Waals surface area contributed by atoms with E-state index in [1.807, 2.05) is 38.4 Å². The first-order valence-corrected chi connectivity index (χ1v) is 5.76. The van der Waals surface area contributed by atoms with E-state index >= 15 is 0 Å². The Balaban J connectivity index is 2.45. The van der Waals surface area contributed by atoms with Gasteiger partial charge in [-0.15, -0.1) is 0 Å². The zero-order valence-corrected chi connectivity index (χ0v) is 10.5. The Hall–Kier alpha value is -0.610. The van der Waals surface area contributed by atoms with Gasteiger partial charge in [0.1, 0.15) is 0 Å². The topological polar surface area (TPSA) is 35.5 Å². The van der Waals surface area contributed by atoms with E-state index in [0.29, 0.717) is 13.1 Å². The quantitative estimate of drug-likeness (QED) is 0.791. The third kappa shape index (κ3) is 4.49. The predicted molar refractivity (Wildman–Crippen MR) is 67.7 cm³/mol. The summed E-state index contributed by atoms with van der Waals surface area (Å²) in [5, 5.41) is 13.4. The number of rotatable bonds is 6. The van der Waals surface area contributed by atoms with Crippen LogP contribution < -0.4 is 5.32 Å². The normalized spacial score (nSPS) is 13.1. The monoisotopic (exact) mass is 242 g/mol. The maximum absolute atomic E-state index is 9.63. The highest BCUT2D eigenvalue weighted by molar-refractivity contribution is 6.31. The van der Waals surface area contributed by atoms with Crippen LogP contribution in [0.3, 0.4) is 0 Å². The fourth-order valence-electron chi connectivity index (χ4n) is 1.64. The molecule has 0 saturated heterocycles. The van der Waals surface area contributed by atoms with Crippen LogP contribution in [0.15, 0.2) is 24.3 Å². The van der Waals surface area contributed by atoms with Gasteiger partial charge < -0.3 is 10.4 Å². The first-order valence-electron chi connectivity index (χ1n) is 5.38.